The zero-order valence-corrected chi connectivity index (χ0v) is 14.2. The Hall–Kier alpha value is -1.69. The van der Waals surface area contributed by atoms with Crippen molar-refractivity contribution in [2.24, 2.45) is 0 Å². The predicted molar refractivity (Wildman–Crippen MR) is 86.9 cm³/mol. The van der Waals surface area contributed by atoms with Crippen molar-refractivity contribution >= 4 is 17.2 Å². The van der Waals surface area contributed by atoms with Gasteiger partial charge in [0.25, 0.3) is 0 Å². The molecule has 22 heavy (non-hydrogen) atoms. The molecule has 3 rings (SSSR count). The molecule has 0 bridgehead atoms. The van der Waals surface area contributed by atoms with E-state index in [2.05, 4.69) is 15.2 Å². The number of amides is 1. The summed E-state index contributed by atoms with van der Waals surface area (Å²) in [5, 5.41) is 8.23. The molecule has 0 radical (unpaired) electrons. The van der Waals surface area contributed by atoms with E-state index in [4.69, 9.17) is 0 Å². The van der Waals surface area contributed by atoms with Crippen LogP contribution in [0.1, 0.15) is 52.1 Å². The van der Waals surface area contributed by atoms with Crippen molar-refractivity contribution in [3.05, 3.63) is 33.0 Å². The van der Waals surface area contributed by atoms with Crippen molar-refractivity contribution in [2.45, 2.75) is 52.5 Å². The first-order valence-electron chi connectivity index (χ1n) is 7.78. The highest BCUT2D eigenvalue weighted by Crippen LogP contribution is 2.32. The van der Waals surface area contributed by atoms with Crippen molar-refractivity contribution < 1.29 is 4.79 Å². The summed E-state index contributed by atoms with van der Waals surface area (Å²) in [6.45, 7) is 6.85. The number of carbonyl (C=O) groups excluding carboxylic acids is 1. The molecule has 1 aliphatic rings. The average Bonchev–Trinajstić information content (AvgIpc) is 3.04. The van der Waals surface area contributed by atoms with E-state index < -0.39 is 0 Å². The number of likely N-dealkylation sites (tertiary alicyclic amines) is 1. The van der Waals surface area contributed by atoms with Crippen molar-refractivity contribution in [1.29, 1.82) is 0 Å². The van der Waals surface area contributed by atoms with Crippen molar-refractivity contribution in [3.63, 3.8) is 0 Å². The van der Waals surface area contributed by atoms with E-state index in [1.807, 2.05) is 31.9 Å². The minimum absolute atomic E-state index is 0.137. The fourth-order valence-electron chi connectivity index (χ4n) is 3.20. The molecule has 1 N–H and O–H groups in total. The van der Waals surface area contributed by atoms with Crippen LogP contribution in [0.15, 0.2) is 6.20 Å². The zero-order valence-electron chi connectivity index (χ0n) is 13.3. The summed E-state index contributed by atoms with van der Waals surface area (Å²) in [4.78, 5) is 20.4. The number of nitrogens with zero attached hydrogens (tertiary/aromatic N) is 3. The van der Waals surface area contributed by atoms with Gasteiger partial charge in [-0.1, -0.05) is 0 Å². The molecule has 1 atom stereocenters. The van der Waals surface area contributed by atoms with Gasteiger partial charge >= 0.3 is 0 Å². The van der Waals surface area contributed by atoms with E-state index in [0.29, 0.717) is 6.42 Å². The van der Waals surface area contributed by atoms with E-state index in [1.165, 1.54) is 0 Å². The van der Waals surface area contributed by atoms with Gasteiger partial charge in [-0.2, -0.15) is 5.10 Å². The summed E-state index contributed by atoms with van der Waals surface area (Å²) in [7, 11) is 0. The third-order valence-corrected chi connectivity index (χ3v) is 5.41. The Bertz CT molecular complexity index is 675. The SMILES string of the molecule is Cc1nc(C)c(CC(=O)N2CCCC[C@H]2c2[nH]ncc2C)s1. The maximum Gasteiger partial charge on any atom is 0.228 e. The molecule has 0 aromatic carbocycles. The molecule has 2 aromatic heterocycles. The first-order valence-corrected chi connectivity index (χ1v) is 8.60. The number of hydrogen-bond donors (Lipinski definition) is 1. The molecule has 0 aliphatic carbocycles. The van der Waals surface area contributed by atoms with E-state index in [0.717, 1.165) is 52.6 Å². The van der Waals surface area contributed by atoms with Crippen LogP contribution in [0.25, 0.3) is 0 Å². The normalized spacial score (nSPS) is 18.7. The van der Waals surface area contributed by atoms with Crippen LogP contribution in [-0.2, 0) is 11.2 Å². The van der Waals surface area contributed by atoms with Crippen molar-refractivity contribution in [3.8, 4) is 0 Å². The molecule has 6 heteroatoms. The van der Waals surface area contributed by atoms with Crippen LogP contribution in [0.5, 0.6) is 0 Å². The minimum Gasteiger partial charge on any atom is -0.334 e. The standard InChI is InChI=1S/C16H22N4OS/c1-10-9-17-19-16(10)13-6-4-5-7-20(13)15(21)8-14-11(2)18-12(3)22-14/h9,13H,4-8H2,1-3H3,(H,17,19)/t13-/m0/s1. The lowest BCUT2D eigenvalue weighted by molar-refractivity contribution is -0.134. The predicted octanol–water partition coefficient (Wildman–Crippen LogP) is 3.09. The molecule has 5 nitrogen and oxygen atoms in total. The molecule has 3 heterocycles. The van der Waals surface area contributed by atoms with Crippen LogP contribution in [0, 0.1) is 20.8 Å². The van der Waals surface area contributed by atoms with Gasteiger partial charge in [-0.05, 0) is 45.6 Å². The molecule has 118 valence electrons. The van der Waals surface area contributed by atoms with E-state index in [1.54, 1.807) is 11.3 Å². The maximum absolute atomic E-state index is 12.8. The Kier molecular flexibility index (Phi) is 4.29. The van der Waals surface area contributed by atoms with Gasteiger partial charge in [-0.25, -0.2) is 4.98 Å². The molecule has 0 saturated carbocycles. The second kappa shape index (κ2) is 6.20. The number of hydrogen-bond acceptors (Lipinski definition) is 4. The molecule has 0 spiro atoms. The molecule has 0 unspecified atom stereocenters. The Morgan fingerprint density at radius 1 is 1.41 bits per heavy atom. The minimum atomic E-state index is 0.137. The van der Waals surface area contributed by atoms with E-state index >= 15 is 0 Å². The number of rotatable bonds is 3. The fourth-order valence-corrected chi connectivity index (χ4v) is 4.13. The Morgan fingerprint density at radius 2 is 2.23 bits per heavy atom. The van der Waals surface area contributed by atoms with Crippen LogP contribution in [-0.4, -0.2) is 32.5 Å². The first-order chi connectivity index (χ1) is 10.6. The van der Waals surface area contributed by atoms with Crippen LogP contribution < -0.4 is 0 Å². The lowest BCUT2D eigenvalue weighted by Crippen LogP contribution is -2.39. The van der Waals surface area contributed by atoms with Crippen molar-refractivity contribution in [2.75, 3.05) is 6.54 Å². The monoisotopic (exact) mass is 318 g/mol. The number of aromatic amines is 1. The van der Waals surface area contributed by atoms with Gasteiger partial charge in [0.1, 0.15) is 0 Å². The summed E-state index contributed by atoms with van der Waals surface area (Å²) in [6.07, 6.45) is 5.54. The van der Waals surface area contributed by atoms with Crippen LogP contribution in [0.3, 0.4) is 0 Å². The number of H-pyrrole nitrogens is 1. The van der Waals surface area contributed by atoms with E-state index in [9.17, 15) is 4.79 Å². The van der Waals surface area contributed by atoms with Gasteiger partial charge in [-0.15, -0.1) is 11.3 Å². The molecule has 2 aromatic rings. The lowest BCUT2D eigenvalue weighted by Gasteiger charge is -2.35. The third kappa shape index (κ3) is 2.92. The fraction of sp³-hybridized carbons (Fsp3) is 0.562. The summed E-state index contributed by atoms with van der Waals surface area (Å²) >= 11 is 1.63. The van der Waals surface area contributed by atoms with Gasteiger partial charge in [0.05, 0.1) is 35.1 Å². The number of carbonyl (C=O) groups is 1. The topological polar surface area (TPSA) is 61.9 Å². The van der Waals surface area contributed by atoms with Crippen LogP contribution >= 0.6 is 11.3 Å². The maximum atomic E-state index is 12.8. The highest BCUT2D eigenvalue weighted by atomic mass is 32.1. The number of piperidine rings is 1. The summed E-state index contributed by atoms with van der Waals surface area (Å²) in [5.41, 5.74) is 3.21. The highest BCUT2D eigenvalue weighted by molar-refractivity contribution is 7.11. The average molecular weight is 318 g/mol. The highest BCUT2D eigenvalue weighted by Gasteiger charge is 2.30. The summed E-state index contributed by atoms with van der Waals surface area (Å²) in [5.74, 6) is 0.199. The summed E-state index contributed by atoms with van der Waals surface area (Å²) in [6, 6.07) is 0.137. The number of nitrogens with one attached hydrogen (secondary N) is 1. The van der Waals surface area contributed by atoms with Gasteiger partial charge < -0.3 is 4.90 Å². The van der Waals surface area contributed by atoms with E-state index in [-0.39, 0.29) is 11.9 Å². The zero-order chi connectivity index (χ0) is 15.7. The summed E-state index contributed by atoms with van der Waals surface area (Å²) < 4.78 is 0. The molecule has 1 amide bonds. The molecule has 1 saturated heterocycles. The Labute approximate surface area is 134 Å². The second-order valence-corrected chi connectivity index (χ2v) is 7.27. The second-order valence-electron chi connectivity index (χ2n) is 5.98. The Balaban J connectivity index is 1.80. The molecule has 1 fully saturated rings. The number of aryl methyl sites for hydroxylation is 3. The third-order valence-electron chi connectivity index (χ3n) is 4.34. The van der Waals surface area contributed by atoms with Gasteiger partial charge in [0, 0.05) is 11.4 Å². The van der Waals surface area contributed by atoms with Crippen LogP contribution in [0.4, 0.5) is 0 Å². The largest absolute Gasteiger partial charge is 0.334 e. The molecular weight excluding hydrogens is 296 g/mol. The smallest absolute Gasteiger partial charge is 0.228 e. The molecule has 1 aliphatic heterocycles. The Morgan fingerprint density at radius 3 is 2.86 bits per heavy atom. The molecular formula is C16H22N4OS. The quantitative estimate of drug-likeness (QED) is 0.946. The first kappa shape index (κ1) is 15.2. The number of aromatic nitrogens is 3. The van der Waals surface area contributed by atoms with Crippen molar-refractivity contribution in [1.82, 2.24) is 20.1 Å². The van der Waals surface area contributed by atoms with Crippen LogP contribution in [0.2, 0.25) is 0 Å². The lowest BCUT2D eigenvalue weighted by atomic mass is 9.97. The van der Waals surface area contributed by atoms with Gasteiger partial charge in [0.15, 0.2) is 0 Å². The van der Waals surface area contributed by atoms with Gasteiger partial charge in [0.2, 0.25) is 5.91 Å². The number of thiazole rings is 1. The van der Waals surface area contributed by atoms with Gasteiger partial charge in [-0.3, -0.25) is 9.89 Å².